The average Bonchev–Trinajstić information content (AvgIpc) is 2.46. The van der Waals surface area contributed by atoms with Gasteiger partial charge in [-0.1, -0.05) is 37.1 Å². The van der Waals surface area contributed by atoms with Crippen molar-refractivity contribution in [2.24, 2.45) is 0 Å². The van der Waals surface area contributed by atoms with Gasteiger partial charge in [0, 0.05) is 30.0 Å². The van der Waals surface area contributed by atoms with Crippen LogP contribution in [0.25, 0.3) is 0 Å². The number of nitrogens with one attached hydrogen (secondary N) is 1. The average molecular weight is 289 g/mol. The minimum absolute atomic E-state index is 0.358. The van der Waals surface area contributed by atoms with Crippen LogP contribution >= 0.6 is 11.6 Å². The smallest absolute Gasteiger partial charge is 0.0406 e. The Balaban J connectivity index is 2.06. The summed E-state index contributed by atoms with van der Waals surface area (Å²) in [6, 6.07) is 10.5. The predicted octanol–water partition coefficient (Wildman–Crippen LogP) is 4.67. The van der Waals surface area contributed by atoms with E-state index < -0.39 is 0 Å². The molecule has 2 nitrogen and oxygen atoms in total. The van der Waals surface area contributed by atoms with E-state index in [0.29, 0.717) is 6.04 Å². The van der Waals surface area contributed by atoms with Crippen LogP contribution < -0.4 is 5.32 Å². The molecule has 1 atom stereocenters. The van der Waals surface area contributed by atoms with E-state index in [9.17, 15) is 0 Å². The molecule has 1 heterocycles. The van der Waals surface area contributed by atoms with Crippen LogP contribution in [0.15, 0.2) is 42.7 Å². The van der Waals surface area contributed by atoms with Gasteiger partial charge in [-0.25, -0.2) is 0 Å². The molecular weight excluding hydrogens is 268 g/mol. The summed E-state index contributed by atoms with van der Waals surface area (Å²) in [4.78, 5) is 4.20. The van der Waals surface area contributed by atoms with Crippen molar-refractivity contribution >= 4 is 11.6 Å². The molecule has 0 aliphatic rings. The maximum absolute atomic E-state index is 5.96. The molecule has 3 heteroatoms. The van der Waals surface area contributed by atoms with E-state index in [4.69, 9.17) is 11.6 Å². The highest BCUT2D eigenvalue weighted by molar-refractivity contribution is 6.30. The van der Waals surface area contributed by atoms with Crippen molar-refractivity contribution in [3.8, 4) is 0 Å². The Morgan fingerprint density at radius 2 is 1.95 bits per heavy atom. The van der Waals surface area contributed by atoms with Gasteiger partial charge in [0.05, 0.1) is 0 Å². The molecular formula is C17H21ClN2. The van der Waals surface area contributed by atoms with E-state index in [2.05, 4.69) is 36.3 Å². The highest BCUT2D eigenvalue weighted by Crippen LogP contribution is 2.21. The third-order valence-corrected chi connectivity index (χ3v) is 3.79. The van der Waals surface area contributed by atoms with Crippen LogP contribution in [0.5, 0.6) is 0 Å². The highest BCUT2D eigenvalue weighted by Gasteiger charge is 2.10. The van der Waals surface area contributed by atoms with Crippen LogP contribution in [0, 0.1) is 6.92 Å². The van der Waals surface area contributed by atoms with Gasteiger partial charge in [0.2, 0.25) is 0 Å². The number of halogens is 1. The van der Waals surface area contributed by atoms with Crippen molar-refractivity contribution in [1.82, 2.24) is 10.3 Å². The third kappa shape index (κ3) is 4.06. The minimum atomic E-state index is 0.358. The number of aryl methyl sites for hydroxylation is 1. The molecule has 0 radical (unpaired) electrons. The molecule has 0 amide bonds. The summed E-state index contributed by atoms with van der Waals surface area (Å²) in [5.74, 6) is 0. The highest BCUT2D eigenvalue weighted by atomic mass is 35.5. The first-order chi connectivity index (χ1) is 9.70. The molecule has 20 heavy (non-hydrogen) atoms. The van der Waals surface area contributed by atoms with E-state index >= 15 is 0 Å². The zero-order valence-electron chi connectivity index (χ0n) is 12.1. The first-order valence-electron chi connectivity index (χ1n) is 7.09. The number of nitrogens with zero attached hydrogens (tertiary/aromatic N) is 1. The van der Waals surface area contributed by atoms with Crippen molar-refractivity contribution in [2.75, 3.05) is 0 Å². The van der Waals surface area contributed by atoms with Gasteiger partial charge in [0.25, 0.3) is 0 Å². The van der Waals surface area contributed by atoms with Gasteiger partial charge in [0.1, 0.15) is 0 Å². The van der Waals surface area contributed by atoms with Crippen LogP contribution in [-0.2, 0) is 6.54 Å². The second-order valence-corrected chi connectivity index (χ2v) is 5.51. The molecule has 1 aromatic heterocycles. The molecule has 0 spiro atoms. The van der Waals surface area contributed by atoms with E-state index in [0.717, 1.165) is 24.4 Å². The first kappa shape index (κ1) is 15.0. The van der Waals surface area contributed by atoms with Crippen molar-refractivity contribution in [3.63, 3.8) is 0 Å². The van der Waals surface area contributed by atoms with Gasteiger partial charge < -0.3 is 5.32 Å². The Hall–Kier alpha value is -1.38. The Morgan fingerprint density at radius 1 is 1.20 bits per heavy atom. The van der Waals surface area contributed by atoms with Crippen LogP contribution in [0.3, 0.4) is 0 Å². The van der Waals surface area contributed by atoms with Crippen LogP contribution in [0.2, 0.25) is 5.02 Å². The lowest BCUT2D eigenvalue weighted by atomic mass is 10.0. The van der Waals surface area contributed by atoms with Gasteiger partial charge >= 0.3 is 0 Å². The lowest BCUT2D eigenvalue weighted by molar-refractivity contribution is 0.492. The summed E-state index contributed by atoms with van der Waals surface area (Å²) in [6.07, 6.45) is 6.03. The van der Waals surface area contributed by atoms with E-state index in [1.807, 2.05) is 30.6 Å². The van der Waals surface area contributed by atoms with E-state index in [-0.39, 0.29) is 0 Å². The quantitative estimate of drug-likeness (QED) is 0.835. The van der Waals surface area contributed by atoms with Gasteiger partial charge in [-0.15, -0.1) is 0 Å². The summed E-state index contributed by atoms with van der Waals surface area (Å²) in [6.45, 7) is 5.17. The Bertz CT molecular complexity index is 537. The molecule has 2 aromatic rings. The lowest BCUT2D eigenvalue weighted by Crippen LogP contribution is -2.21. The second kappa shape index (κ2) is 7.41. The molecule has 0 bridgehead atoms. The summed E-state index contributed by atoms with van der Waals surface area (Å²) in [5, 5.41) is 4.41. The fraction of sp³-hybridized carbons (Fsp3) is 0.353. The van der Waals surface area contributed by atoms with Gasteiger partial charge in [0.15, 0.2) is 0 Å². The van der Waals surface area contributed by atoms with Crippen LogP contribution in [0.1, 0.15) is 42.5 Å². The zero-order chi connectivity index (χ0) is 14.4. The molecule has 2 rings (SSSR count). The van der Waals surface area contributed by atoms with Crippen LogP contribution in [-0.4, -0.2) is 4.98 Å². The summed E-state index contributed by atoms with van der Waals surface area (Å²) in [5.41, 5.74) is 3.82. The van der Waals surface area contributed by atoms with Crippen LogP contribution in [0.4, 0.5) is 0 Å². The third-order valence-electron chi connectivity index (χ3n) is 3.54. The topological polar surface area (TPSA) is 24.9 Å². The van der Waals surface area contributed by atoms with Crippen molar-refractivity contribution in [2.45, 2.75) is 39.3 Å². The number of aromatic nitrogens is 1. The van der Waals surface area contributed by atoms with Gasteiger partial charge in [-0.05, 0) is 48.2 Å². The Labute approximate surface area is 126 Å². The summed E-state index contributed by atoms with van der Waals surface area (Å²) >= 11 is 5.96. The molecule has 0 fully saturated rings. The number of pyridine rings is 1. The largest absolute Gasteiger partial charge is 0.306 e. The Kier molecular flexibility index (Phi) is 5.57. The number of benzene rings is 1. The molecule has 0 saturated carbocycles. The molecule has 0 saturated heterocycles. The minimum Gasteiger partial charge on any atom is -0.306 e. The summed E-state index contributed by atoms with van der Waals surface area (Å²) < 4.78 is 0. The molecule has 1 N–H and O–H groups in total. The molecule has 106 valence electrons. The zero-order valence-corrected chi connectivity index (χ0v) is 12.8. The first-order valence-corrected chi connectivity index (χ1v) is 7.47. The monoisotopic (exact) mass is 288 g/mol. The fourth-order valence-corrected chi connectivity index (χ4v) is 2.41. The van der Waals surface area contributed by atoms with Crippen molar-refractivity contribution in [1.29, 1.82) is 0 Å². The number of rotatable bonds is 6. The summed E-state index contributed by atoms with van der Waals surface area (Å²) in [7, 11) is 0. The van der Waals surface area contributed by atoms with E-state index in [1.54, 1.807) is 0 Å². The van der Waals surface area contributed by atoms with Crippen molar-refractivity contribution in [3.05, 3.63) is 64.4 Å². The lowest BCUT2D eigenvalue weighted by Gasteiger charge is -2.19. The van der Waals surface area contributed by atoms with Gasteiger partial charge in [-0.2, -0.15) is 0 Å². The molecule has 1 unspecified atom stereocenters. The predicted molar refractivity (Wildman–Crippen MR) is 84.9 cm³/mol. The molecule has 0 aliphatic carbocycles. The van der Waals surface area contributed by atoms with Crippen molar-refractivity contribution < 1.29 is 0 Å². The Morgan fingerprint density at radius 3 is 2.60 bits per heavy atom. The number of hydrogen-bond acceptors (Lipinski definition) is 2. The second-order valence-electron chi connectivity index (χ2n) is 5.08. The normalized spacial score (nSPS) is 12.3. The molecule has 1 aromatic carbocycles. The van der Waals surface area contributed by atoms with Gasteiger partial charge in [-0.3, -0.25) is 4.98 Å². The standard InChI is InChI=1S/C17H21ClN2/c1-3-4-17(14-5-7-16(18)8-6-14)20-12-15-11-19-10-9-13(15)2/h5-11,17,20H,3-4,12H2,1-2H3. The molecule has 0 aliphatic heterocycles. The maximum Gasteiger partial charge on any atom is 0.0406 e. The SMILES string of the molecule is CCCC(NCc1cnccc1C)c1ccc(Cl)cc1. The fourth-order valence-electron chi connectivity index (χ4n) is 2.29. The maximum atomic E-state index is 5.96. The van der Waals surface area contributed by atoms with E-state index in [1.165, 1.54) is 16.7 Å². The number of hydrogen-bond donors (Lipinski definition) is 1.